The second-order valence-electron chi connectivity index (χ2n) is 7.38. The quantitative estimate of drug-likeness (QED) is 0.644. The molecule has 1 spiro atoms. The van der Waals surface area contributed by atoms with Crippen molar-refractivity contribution in [1.29, 1.82) is 0 Å². The summed E-state index contributed by atoms with van der Waals surface area (Å²) in [5.74, 6) is 4.45. The number of hydrogen-bond acceptors (Lipinski definition) is 1. The van der Waals surface area contributed by atoms with Crippen molar-refractivity contribution < 1.29 is 0 Å². The Bertz CT molecular complexity index is 294. The highest BCUT2D eigenvalue weighted by atomic mass is 32.2. The van der Waals surface area contributed by atoms with Gasteiger partial charge in [-0.15, -0.1) is 0 Å². The van der Waals surface area contributed by atoms with Crippen LogP contribution in [-0.4, -0.2) is 11.0 Å². The van der Waals surface area contributed by atoms with Crippen LogP contribution < -0.4 is 0 Å². The van der Waals surface area contributed by atoms with E-state index >= 15 is 0 Å². The second kappa shape index (κ2) is 3.43. The van der Waals surface area contributed by atoms with Gasteiger partial charge in [-0.25, -0.2) is 0 Å². The monoisotopic (exact) mass is 238 g/mol. The summed E-state index contributed by atoms with van der Waals surface area (Å²) in [5.41, 5.74) is 1.38. The molecule has 3 fully saturated rings. The lowest BCUT2D eigenvalue weighted by atomic mass is 9.65. The summed E-state index contributed by atoms with van der Waals surface area (Å²) in [6, 6.07) is 0. The van der Waals surface area contributed by atoms with E-state index in [0.717, 1.165) is 28.4 Å². The predicted octanol–water partition coefficient (Wildman–Crippen LogP) is 4.59. The molecular weight excluding hydrogens is 212 g/mol. The van der Waals surface area contributed by atoms with Gasteiger partial charge < -0.3 is 0 Å². The Kier molecular flexibility index (Phi) is 2.45. The van der Waals surface area contributed by atoms with Crippen LogP contribution in [0.1, 0.15) is 53.4 Å². The summed E-state index contributed by atoms with van der Waals surface area (Å²) < 4.78 is 0. The van der Waals surface area contributed by atoms with Crippen LogP contribution in [-0.2, 0) is 0 Å². The topological polar surface area (TPSA) is 0 Å². The molecule has 0 aromatic rings. The molecule has 3 aliphatic rings. The maximum absolute atomic E-state index is 2.57. The highest BCUT2D eigenvalue weighted by Crippen LogP contribution is 2.72. The average Bonchev–Trinajstić information content (AvgIpc) is 2.61. The zero-order chi connectivity index (χ0) is 11.6. The van der Waals surface area contributed by atoms with Gasteiger partial charge in [-0.1, -0.05) is 27.7 Å². The molecule has 0 nitrogen and oxygen atoms in total. The van der Waals surface area contributed by atoms with Gasteiger partial charge in [-0.05, 0) is 60.0 Å². The largest absolute Gasteiger partial charge is 0.158 e. The molecule has 3 rings (SSSR count). The highest BCUT2D eigenvalue weighted by molar-refractivity contribution is 8.00. The fourth-order valence-electron chi connectivity index (χ4n) is 5.00. The van der Waals surface area contributed by atoms with Gasteiger partial charge in [0.25, 0.3) is 0 Å². The summed E-state index contributed by atoms with van der Waals surface area (Å²) in [5, 5.41) is 0.950. The zero-order valence-electron chi connectivity index (χ0n) is 11.3. The van der Waals surface area contributed by atoms with Crippen LogP contribution >= 0.6 is 11.8 Å². The fourth-order valence-corrected chi connectivity index (χ4v) is 7.02. The van der Waals surface area contributed by atoms with E-state index in [2.05, 4.69) is 39.5 Å². The lowest BCUT2D eigenvalue weighted by Gasteiger charge is -2.48. The summed E-state index contributed by atoms with van der Waals surface area (Å²) in [4.78, 5) is 0. The summed E-state index contributed by atoms with van der Waals surface area (Å²) in [7, 11) is 0. The zero-order valence-corrected chi connectivity index (χ0v) is 12.1. The number of hydrogen-bond donors (Lipinski definition) is 0. The van der Waals surface area contributed by atoms with Crippen LogP contribution in [0, 0.1) is 28.6 Å². The number of rotatable bonds is 1. The van der Waals surface area contributed by atoms with Gasteiger partial charge >= 0.3 is 0 Å². The second-order valence-corrected chi connectivity index (χ2v) is 8.60. The summed E-state index contributed by atoms with van der Waals surface area (Å²) in [6.45, 7) is 9.96. The van der Waals surface area contributed by atoms with E-state index in [9.17, 15) is 0 Å². The molecular formula is C15H26S. The van der Waals surface area contributed by atoms with Crippen LogP contribution in [0.5, 0.6) is 0 Å². The van der Waals surface area contributed by atoms with Gasteiger partial charge in [0.15, 0.2) is 0 Å². The first kappa shape index (κ1) is 11.4. The molecule has 2 aliphatic carbocycles. The summed E-state index contributed by atoms with van der Waals surface area (Å²) in [6.07, 6.45) is 6.13. The Labute approximate surface area is 105 Å². The predicted molar refractivity (Wildman–Crippen MR) is 72.7 cm³/mol. The maximum Gasteiger partial charge on any atom is 0.00731 e. The molecule has 16 heavy (non-hydrogen) atoms. The van der Waals surface area contributed by atoms with Crippen LogP contribution in [0.2, 0.25) is 0 Å². The summed E-state index contributed by atoms with van der Waals surface area (Å²) >= 11 is 2.30. The molecule has 0 N–H and O–H groups in total. The minimum absolute atomic E-state index is 0.645. The molecule has 2 bridgehead atoms. The van der Waals surface area contributed by atoms with Gasteiger partial charge in [0.05, 0.1) is 0 Å². The van der Waals surface area contributed by atoms with Gasteiger partial charge in [0.2, 0.25) is 0 Å². The molecule has 1 heteroatoms. The van der Waals surface area contributed by atoms with E-state index in [-0.39, 0.29) is 0 Å². The van der Waals surface area contributed by atoms with E-state index in [4.69, 9.17) is 0 Å². The van der Waals surface area contributed by atoms with Gasteiger partial charge in [0.1, 0.15) is 0 Å². The third-order valence-electron chi connectivity index (χ3n) is 6.41. The van der Waals surface area contributed by atoms with Crippen molar-refractivity contribution in [2.24, 2.45) is 28.6 Å². The molecule has 0 aromatic carbocycles. The van der Waals surface area contributed by atoms with E-state index in [1.54, 1.807) is 6.42 Å². The molecule has 1 aliphatic heterocycles. The average molecular weight is 238 g/mol. The van der Waals surface area contributed by atoms with Crippen molar-refractivity contribution in [1.82, 2.24) is 0 Å². The van der Waals surface area contributed by atoms with Crippen LogP contribution in [0.3, 0.4) is 0 Å². The van der Waals surface area contributed by atoms with E-state index in [1.807, 2.05) is 0 Å². The fraction of sp³-hybridized carbons (Fsp3) is 1.00. The molecule has 92 valence electrons. The molecule has 4 atom stereocenters. The molecule has 0 unspecified atom stereocenters. The third-order valence-corrected chi connectivity index (χ3v) is 8.26. The van der Waals surface area contributed by atoms with E-state index in [0.29, 0.717) is 5.41 Å². The molecule has 2 saturated carbocycles. The first-order valence-corrected chi connectivity index (χ1v) is 8.14. The SMILES string of the molecule is CC(C)[C@H]1C[C@@H]2C[C@H]3CC[C@]2(CS1)C3(C)C. The Morgan fingerprint density at radius 1 is 1.12 bits per heavy atom. The van der Waals surface area contributed by atoms with Gasteiger partial charge in [-0.3, -0.25) is 0 Å². The normalized spacial score (nSPS) is 49.7. The van der Waals surface area contributed by atoms with Crippen molar-refractivity contribution in [3.05, 3.63) is 0 Å². The Balaban J connectivity index is 1.86. The first-order chi connectivity index (χ1) is 7.47. The Hall–Kier alpha value is 0.350. The molecule has 0 aromatic heterocycles. The molecule has 0 amide bonds. The van der Waals surface area contributed by atoms with Gasteiger partial charge in [0, 0.05) is 5.25 Å². The van der Waals surface area contributed by atoms with Crippen molar-refractivity contribution >= 4 is 11.8 Å². The standard InChI is InChI=1S/C15H26S/c1-10(2)13-8-12-7-11-5-6-15(12,9-16-13)14(11,3)4/h10-13H,5-9H2,1-4H3/t11-,12+,13-,15-/m1/s1. The first-order valence-electron chi connectivity index (χ1n) is 7.09. The highest BCUT2D eigenvalue weighted by Gasteiger charge is 2.64. The lowest BCUT2D eigenvalue weighted by Crippen LogP contribution is -2.43. The molecule has 0 radical (unpaired) electrons. The molecule has 1 heterocycles. The molecule has 1 saturated heterocycles. The maximum atomic E-state index is 2.57. The Morgan fingerprint density at radius 3 is 2.50 bits per heavy atom. The Morgan fingerprint density at radius 2 is 1.88 bits per heavy atom. The van der Waals surface area contributed by atoms with Crippen molar-refractivity contribution in [2.75, 3.05) is 5.75 Å². The van der Waals surface area contributed by atoms with Crippen molar-refractivity contribution in [3.63, 3.8) is 0 Å². The van der Waals surface area contributed by atoms with Crippen molar-refractivity contribution in [3.8, 4) is 0 Å². The van der Waals surface area contributed by atoms with Crippen LogP contribution in [0.4, 0.5) is 0 Å². The van der Waals surface area contributed by atoms with Crippen LogP contribution in [0.25, 0.3) is 0 Å². The van der Waals surface area contributed by atoms with Crippen LogP contribution in [0.15, 0.2) is 0 Å². The van der Waals surface area contributed by atoms with E-state index in [1.165, 1.54) is 25.0 Å². The third kappa shape index (κ3) is 1.24. The minimum Gasteiger partial charge on any atom is -0.158 e. The lowest BCUT2D eigenvalue weighted by molar-refractivity contribution is 0.0946. The minimum atomic E-state index is 0.645. The number of thioether (sulfide) groups is 1. The smallest absolute Gasteiger partial charge is 0.00731 e. The van der Waals surface area contributed by atoms with E-state index < -0.39 is 0 Å². The number of fused-ring (bicyclic) bond motifs is 1. The van der Waals surface area contributed by atoms with Crippen molar-refractivity contribution in [2.45, 2.75) is 58.6 Å². The van der Waals surface area contributed by atoms with Gasteiger partial charge in [-0.2, -0.15) is 11.8 Å².